The van der Waals surface area contributed by atoms with Crippen LogP contribution in [-0.2, 0) is 28.8 Å². The number of rotatable bonds is 14. The van der Waals surface area contributed by atoms with Crippen LogP contribution >= 0.6 is 0 Å². The average Bonchev–Trinajstić information content (AvgIpc) is 2.66. The van der Waals surface area contributed by atoms with Crippen LogP contribution in [0.1, 0.15) is 26.2 Å². The summed E-state index contributed by atoms with van der Waals surface area (Å²) < 4.78 is 0. The molecule has 0 bridgehead atoms. The fourth-order valence-corrected chi connectivity index (χ4v) is 2.20. The zero-order valence-corrected chi connectivity index (χ0v) is 16.6. The van der Waals surface area contributed by atoms with Gasteiger partial charge in [0.1, 0.15) is 18.1 Å². The zero-order valence-electron chi connectivity index (χ0n) is 16.6. The first-order valence-electron chi connectivity index (χ1n) is 8.98. The molecule has 15 nitrogen and oxygen atoms in total. The molecule has 0 aliphatic carbocycles. The number of carbonyl (C=O) groups excluding carboxylic acids is 4. The van der Waals surface area contributed by atoms with Gasteiger partial charge in [0, 0.05) is 6.42 Å². The van der Waals surface area contributed by atoms with E-state index in [0.29, 0.717) is 0 Å². The topological polar surface area (TPSA) is 271 Å². The molecule has 0 heterocycles. The number of aliphatic hydroxyl groups is 2. The summed E-state index contributed by atoms with van der Waals surface area (Å²) in [5.74, 6) is -7.12. The van der Waals surface area contributed by atoms with Crippen molar-refractivity contribution in [2.45, 2.75) is 56.5 Å². The maximum absolute atomic E-state index is 12.5. The molecule has 15 heteroatoms. The van der Waals surface area contributed by atoms with Gasteiger partial charge in [0.25, 0.3) is 0 Å². The Morgan fingerprint density at radius 3 is 1.87 bits per heavy atom. The number of hydrogen-bond donors (Lipinski definition) is 9. The minimum Gasteiger partial charge on any atom is -0.481 e. The molecule has 5 atom stereocenters. The summed E-state index contributed by atoms with van der Waals surface area (Å²) in [4.78, 5) is 69.5. The molecule has 176 valence electrons. The van der Waals surface area contributed by atoms with Gasteiger partial charge in [0.15, 0.2) is 0 Å². The fourth-order valence-electron chi connectivity index (χ4n) is 2.20. The van der Waals surface area contributed by atoms with Gasteiger partial charge in [0.2, 0.25) is 23.6 Å². The van der Waals surface area contributed by atoms with Gasteiger partial charge in [-0.15, -0.1) is 0 Å². The number of carbonyl (C=O) groups is 6. The average molecular weight is 449 g/mol. The number of hydrogen-bond acceptors (Lipinski definition) is 9. The normalized spacial score (nSPS) is 15.5. The van der Waals surface area contributed by atoms with Gasteiger partial charge in [-0.25, -0.2) is 4.79 Å². The molecule has 4 amide bonds. The van der Waals surface area contributed by atoms with E-state index < -0.39 is 78.9 Å². The van der Waals surface area contributed by atoms with E-state index in [0.717, 1.165) is 6.92 Å². The summed E-state index contributed by atoms with van der Waals surface area (Å²) in [5.41, 5.74) is 10.5. The van der Waals surface area contributed by atoms with Crippen LogP contribution in [0.2, 0.25) is 0 Å². The monoisotopic (exact) mass is 449 g/mol. The van der Waals surface area contributed by atoms with Crippen LogP contribution in [0.15, 0.2) is 0 Å². The van der Waals surface area contributed by atoms with Gasteiger partial charge >= 0.3 is 11.9 Å². The third-order valence-corrected chi connectivity index (χ3v) is 3.91. The molecule has 0 spiro atoms. The van der Waals surface area contributed by atoms with E-state index in [1.807, 2.05) is 10.6 Å². The molecule has 11 N–H and O–H groups in total. The number of carboxylic acids is 2. The number of aliphatic hydroxyl groups excluding tert-OH is 2. The van der Waals surface area contributed by atoms with E-state index in [-0.39, 0.29) is 12.8 Å². The highest BCUT2D eigenvalue weighted by atomic mass is 16.4. The number of nitrogens with two attached hydrogens (primary N) is 2. The van der Waals surface area contributed by atoms with Gasteiger partial charge in [-0.1, -0.05) is 0 Å². The Bertz CT molecular complexity index is 698. The van der Waals surface area contributed by atoms with E-state index in [2.05, 4.69) is 5.32 Å². The number of carboxylic acid groups (broad SMARTS) is 2. The molecule has 0 aliphatic heterocycles. The van der Waals surface area contributed by atoms with E-state index >= 15 is 0 Å². The maximum atomic E-state index is 12.5. The van der Waals surface area contributed by atoms with Crippen LogP contribution in [0.3, 0.4) is 0 Å². The Balaban J connectivity index is 5.33. The highest BCUT2D eigenvalue weighted by Crippen LogP contribution is 2.02. The van der Waals surface area contributed by atoms with Crippen molar-refractivity contribution in [3.8, 4) is 0 Å². The summed E-state index contributed by atoms with van der Waals surface area (Å²) in [6.45, 7) is 0.117. The van der Waals surface area contributed by atoms with Crippen molar-refractivity contribution in [3.63, 3.8) is 0 Å². The summed E-state index contributed by atoms with van der Waals surface area (Å²) in [5, 5.41) is 42.5. The molecule has 0 saturated heterocycles. The van der Waals surface area contributed by atoms with Crippen molar-refractivity contribution in [1.82, 2.24) is 16.0 Å². The largest absolute Gasteiger partial charge is 0.481 e. The lowest BCUT2D eigenvalue weighted by Gasteiger charge is -2.25. The van der Waals surface area contributed by atoms with Gasteiger partial charge in [-0.05, 0) is 13.3 Å². The van der Waals surface area contributed by atoms with Crippen molar-refractivity contribution in [1.29, 1.82) is 0 Å². The van der Waals surface area contributed by atoms with Crippen LogP contribution < -0.4 is 27.4 Å². The van der Waals surface area contributed by atoms with Gasteiger partial charge in [0.05, 0.1) is 25.2 Å². The van der Waals surface area contributed by atoms with Crippen molar-refractivity contribution in [3.05, 3.63) is 0 Å². The lowest BCUT2D eigenvalue weighted by atomic mass is 10.1. The predicted molar refractivity (Wildman–Crippen MR) is 101 cm³/mol. The van der Waals surface area contributed by atoms with E-state index in [1.54, 1.807) is 0 Å². The zero-order chi connectivity index (χ0) is 24.3. The van der Waals surface area contributed by atoms with Crippen LogP contribution in [0.5, 0.6) is 0 Å². The number of primary amides is 1. The standard InChI is InChI=1S/C16H27N5O10/c1-6(23)12(15(29)20-9(5-22)16(30)31)21-14(28)8(4-11(25)26)19-13(27)7(17)2-3-10(18)24/h6-9,12,22-23H,2-5,17H2,1H3,(H2,18,24)(H,19,27)(H,20,29)(H,21,28)(H,25,26)(H,30,31). The molecule has 0 aliphatic rings. The second-order valence-electron chi connectivity index (χ2n) is 6.58. The summed E-state index contributed by atoms with van der Waals surface area (Å²) in [6.07, 6.45) is -2.87. The molecular weight excluding hydrogens is 422 g/mol. The maximum Gasteiger partial charge on any atom is 0.328 e. The Hall–Kier alpha value is -3.30. The summed E-state index contributed by atoms with van der Waals surface area (Å²) in [6, 6.07) is -6.46. The highest BCUT2D eigenvalue weighted by molar-refractivity contribution is 5.96. The Morgan fingerprint density at radius 2 is 1.45 bits per heavy atom. The SMILES string of the molecule is CC(O)C(NC(=O)C(CC(=O)O)NC(=O)C(N)CCC(N)=O)C(=O)NC(CO)C(=O)O. The first-order chi connectivity index (χ1) is 14.3. The Morgan fingerprint density at radius 1 is 0.903 bits per heavy atom. The fraction of sp³-hybridized carbons (Fsp3) is 0.625. The lowest BCUT2D eigenvalue weighted by Crippen LogP contribution is -2.60. The molecule has 0 radical (unpaired) electrons. The summed E-state index contributed by atoms with van der Waals surface area (Å²) in [7, 11) is 0. The summed E-state index contributed by atoms with van der Waals surface area (Å²) >= 11 is 0. The smallest absolute Gasteiger partial charge is 0.328 e. The van der Waals surface area contributed by atoms with Crippen LogP contribution in [-0.4, -0.2) is 92.9 Å². The third kappa shape index (κ3) is 10.3. The van der Waals surface area contributed by atoms with Gasteiger partial charge in [-0.3, -0.25) is 24.0 Å². The first kappa shape index (κ1) is 27.7. The van der Waals surface area contributed by atoms with Crippen LogP contribution in [0.4, 0.5) is 0 Å². The molecular formula is C16H27N5O10. The molecule has 0 aromatic rings. The Labute approximate surface area is 176 Å². The molecule has 31 heavy (non-hydrogen) atoms. The second-order valence-corrected chi connectivity index (χ2v) is 6.58. The molecule has 0 aromatic carbocycles. The molecule has 0 fully saturated rings. The van der Waals surface area contributed by atoms with E-state index in [9.17, 15) is 33.9 Å². The molecule has 5 unspecified atom stereocenters. The first-order valence-corrected chi connectivity index (χ1v) is 8.98. The van der Waals surface area contributed by atoms with E-state index in [4.69, 9.17) is 26.8 Å². The quantitative estimate of drug-likeness (QED) is 0.121. The lowest BCUT2D eigenvalue weighted by molar-refractivity contribution is -0.144. The molecule has 0 aromatic heterocycles. The van der Waals surface area contributed by atoms with Crippen molar-refractivity contribution in [2.24, 2.45) is 11.5 Å². The number of amides is 4. The van der Waals surface area contributed by atoms with Gasteiger partial charge in [-0.2, -0.15) is 0 Å². The van der Waals surface area contributed by atoms with Crippen molar-refractivity contribution in [2.75, 3.05) is 6.61 Å². The van der Waals surface area contributed by atoms with Gasteiger partial charge < -0.3 is 47.8 Å². The number of aliphatic carboxylic acids is 2. The van der Waals surface area contributed by atoms with Crippen molar-refractivity contribution < 1.29 is 49.2 Å². The molecule has 0 saturated carbocycles. The molecule has 0 rings (SSSR count). The highest BCUT2D eigenvalue weighted by Gasteiger charge is 2.33. The van der Waals surface area contributed by atoms with Crippen molar-refractivity contribution >= 4 is 35.6 Å². The second kappa shape index (κ2) is 13.1. The third-order valence-electron chi connectivity index (χ3n) is 3.91. The predicted octanol–water partition coefficient (Wildman–Crippen LogP) is -5.03. The minimum absolute atomic E-state index is 0.168. The number of nitrogens with one attached hydrogen (secondary N) is 3. The minimum atomic E-state index is -1.74. The Kier molecular flexibility index (Phi) is 11.7. The van der Waals surface area contributed by atoms with Crippen LogP contribution in [0.25, 0.3) is 0 Å². The van der Waals surface area contributed by atoms with E-state index in [1.165, 1.54) is 0 Å². The van der Waals surface area contributed by atoms with Crippen LogP contribution in [0, 0.1) is 0 Å².